The highest BCUT2D eigenvalue weighted by atomic mass is 16.4. The zero-order chi connectivity index (χ0) is 36.8. The van der Waals surface area contributed by atoms with Crippen molar-refractivity contribution in [2.75, 3.05) is 0 Å². The van der Waals surface area contributed by atoms with Gasteiger partial charge in [-0.1, -0.05) is 84.0 Å². The third-order valence-electron chi connectivity index (χ3n) is 14.7. The van der Waals surface area contributed by atoms with Crippen LogP contribution in [0.25, 0.3) is 6.08 Å². The van der Waals surface area contributed by atoms with Gasteiger partial charge in [0.1, 0.15) is 5.78 Å². The molecule has 0 amide bonds. The lowest BCUT2D eigenvalue weighted by molar-refractivity contribution is -0.190. The van der Waals surface area contributed by atoms with Crippen molar-refractivity contribution < 1.29 is 39.9 Å². The number of carboxylic acid groups (broad SMARTS) is 1. The average molecular weight is 689 g/mol. The highest BCUT2D eigenvalue weighted by molar-refractivity contribution is 6.01. The molecule has 3 saturated carbocycles. The molecule has 3 fully saturated rings. The molecule has 0 saturated heterocycles. The van der Waals surface area contributed by atoms with Gasteiger partial charge in [0.25, 0.3) is 0 Å². The van der Waals surface area contributed by atoms with E-state index in [9.17, 15) is 39.9 Å². The summed E-state index contributed by atoms with van der Waals surface area (Å²) in [6.07, 6.45) is 5.49. The maximum atomic E-state index is 14.9. The smallest absolute Gasteiger partial charge is 0.331 e. The number of hydrogen-bond donors (Lipinski definition) is 5. The normalized spacial score (nSPS) is 41.1. The molecule has 50 heavy (non-hydrogen) atoms. The van der Waals surface area contributed by atoms with E-state index in [1.54, 1.807) is 0 Å². The Morgan fingerprint density at radius 2 is 1.64 bits per heavy atom. The van der Waals surface area contributed by atoms with Crippen molar-refractivity contribution in [1.82, 2.24) is 0 Å². The molecule has 0 unspecified atom stereocenters. The van der Waals surface area contributed by atoms with E-state index in [0.717, 1.165) is 5.56 Å². The number of fused-ring (bicyclic) bond motifs is 2. The lowest BCUT2D eigenvalue weighted by Crippen LogP contribution is -2.71. The second-order valence-electron chi connectivity index (χ2n) is 17.8. The first kappa shape index (κ1) is 36.9. The van der Waals surface area contributed by atoms with E-state index in [0.29, 0.717) is 36.8 Å². The zero-order valence-corrected chi connectivity index (χ0v) is 30.7. The zero-order valence-electron chi connectivity index (χ0n) is 30.7. The largest absolute Gasteiger partial charge is 0.478 e. The third-order valence-corrected chi connectivity index (χ3v) is 14.7. The first-order valence-electron chi connectivity index (χ1n) is 18.5. The summed E-state index contributed by atoms with van der Waals surface area (Å²) in [5.41, 5.74) is -3.78. The van der Waals surface area contributed by atoms with Crippen molar-refractivity contribution in [3.05, 3.63) is 64.8 Å². The predicted octanol–water partition coefficient (Wildman–Crippen LogP) is 6.07. The van der Waals surface area contributed by atoms with Crippen LogP contribution in [0.5, 0.6) is 0 Å². The molecule has 6 rings (SSSR count). The van der Waals surface area contributed by atoms with Crippen LogP contribution in [0.15, 0.2) is 59.2 Å². The van der Waals surface area contributed by atoms with Gasteiger partial charge in [0.2, 0.25) is 0 Å². The third kappa shape index (κ3) is 5.10. The lowest BCUT2D eigenvalue weighted by Gasteiger charge is -2.69. The van der Waals surface area contributed by atoms with Crippen LogP contribution in [0.3, 0.4) is 0 Å². The van der Waals surface area contributed by atoms with Crippen LogP contribution in [0.1, 0.15) is 105 Å². The Morgan fingerprint density at radius 3 is 2.26 bits per heavy atom. The SMILES string of the molecule is C[C@H](O)C/C(=C\[C@@H](O)C[C@@H](C)[C@H]1C[C@@]2(O)CC[C@]3(O)C4=C(C(=O)C[C@@]1(C)[C@]42C)[C@@]1(C)CCC(=O)C(C)(C)[C@H]1[C@@H]3/C=C/c1ccccc1)C(=O)O. The van der Waals surface area contributed by atoms with Gasteiger partial charge in [-0.25, -0.2) is 4.79 Å². The van der Waals surface area contributed by atoms with Gasteiger partial charge in [-0.2, -0.15) is 0 Å². The topological polar surface area (TPSA) is 152 Å². The number of aliphatic carboxylic acids is 1. The molecule has 5 aliphatic carbocycles. The molecular weight excluding hydrogens is 632 g/mol. The van der Waals surface area contributed by atoms with Crippen LogP contribution in [0, 0.1) is 45.3 Å². The Balaban J connectivity index is 1.49. The molecule has 1 aromatic carbocycles. The summed E-state index contributed by atoms with van der Waals surface area (Å²) < 4.78 is 0. The Kier molecular flexibility index (Phi) is 8.90. The molecule has 0 bridgehead atoms. The summed E-state index contributed by atoms with van der Waals surface area (Å²) in [6.45, 7) is 13.7. The molecule has 8 heteroatoms. The Morgan fingerprint density at radius 1 is 0.980 bits per heavy atom. The second kappa shape index (κ2) is 12.1. The number of aliphatic hydroxyl groups excluding tert-OH is 2. The summed E-state index contributed by atoms with van der Waals surface area (Å²) in [6, 6.07) is 9.88. The van der Waals surface area contributed by atoms with Gasteiger partial charge in [-0.05, 0) is 79.4 Å². The summed E-state index contributed by atoms with van der Waals surface area (Å²) >= 11 is 0. The molecule has 5 aliphatic rings. The predicted molar refractivity (Wildman–Crippen MR) is 190 cm³/mol. The van der Waals surface area contributed by atoms with Crippen molar-refractivity contribution in [3.8, 4) is 0 Å². The number of aliphatic hydroxyl groups is 4. The van der Waals surface area contributed by atoms with Crippen LogP contribution >= 0.6 is 0 Å². The molecule has 272 valence electrons. The van der Waals surface area contributed by atoms with Gasteiger partial charge < -0.3 is 25.5 Å². The Labute approximate surface area is 296 Å². The van der Waals surface area contributed by atoms with Crippen molar-refractivity contribution in [2.45, 2.75) is 123 Å². The highest BCUT2D eigenvalue weighted by Gasteiger charge is 2.79. The van der Waals surface area contributed by atoms with Crippen LogP contribution in [-0.2, 0) is 14.4 Å². The number of carbonyl (C=O) groups is 3. The maximum absolute atomic E-state index is 14.9. The fourth-order valence-corrected chi connectivity index (χ4v) is 12.3. The molecule has 0 radical (unpaired) electrons. The van der Waals surface area contributed by atoms with Gasteiger partial charge >= 0.3 is 5.97 Å². The summed E-state index contributed by atoms with van der Waals surface area (Å²) in [4.78, 5) is 40.4. The average Bonchev–Trinajstić information content (AvgIpc) is 3.21. The van der Waals surface area contributed by atoms with E-state index in [1.807, 2.05) is 64.1 Å². The van der Waals surface area contributed by atoms with Crippen molar-refractivity contribution >= 4 is 23.6 Å². The Hall–Kier alpha value is -2.91. The molecule has 11 atom stereocenters. The lowest BCUT2D eigenvalue weighted by atomic mass is 9.35. The van der Waals surface area contributed by atoms with Gasteiger partial charge in [-0.3, -0.25) is 9.59 Å². The molecule has 0 aliphatic heterocycles. The van der Waals surface area contributed by atoms with E-state index in [4.69, 9.17) is 0 Å². The number of Topliss-reactive ketones (excluding diaryl/α,β-unsaturated/α-hetero) is 2. The highest BCUT2D eigenvalue weighted by Crippen LogP contribution is 2.79. The monoisotopic (exact) mass is 688 g/mol. The number of allylic oxidation sites excluding steroid dienone is 1. The molecular formula is C42H56O8. The minimum Gasteiger partial charge on any atom is -0.478 e. The fraction of sp³-hybridized carbons (Fsp3) is 0.643. The van der Waals surface area contributed by atoms with Crippen molar-refractivity contribution in [1.29, 1.82) is 0 Å². The first-order valence-corrected chi connectivity index (χ1v) is 18.5. The summed E-state index contributed by atoms with van der Waals surface area (Å²) in [5.74, 6) is -2.36. The number of rotatable bonds is 9. The fourth-order valence-electron chi connectivity index (χ4n) is 12.3. The van der Waals surface area contributed by atoms with E-state index >= 15 is 0 Å². The van der Waals surface area contributed by atoms with Gasteiger partial charge in [-0.15, -0.1) is 0 Å². The summed E-state index contributed by atoms with van der Waals surface area (Å²) in [5, 5.41) is 56.9. The molecule has 5 N–H and O–H groups in total. The number of benzene rings is 1. The van der Waals surface area contributed by atoms with Crippen molar-refractivity contribution in [2.24, 2.45) is 45.3 Å². The van der Waals surface area contributed by atoms with E-state index in [1.165, 1.54) is 13.0 Å². The number of carbonyl (C=O) groups excluding carboxylic acids is 2. The van der Waals surface area contributed by atoms with E-state index < -0.39 is 57.0 Å². The minimum atomic E-state index is -1.48. The molecule has 1 aromatic rings. The van der Waals surface area contributed by atoms with E-state index in [2.05, 4.69) is 19.9 Å². The summed E-state index contributed by atoms with van der Waals surface area (Å²) in [7, 11) is 0. The van der Waals surface area contributed by atoms with Crippen LogP contribution < -0.4 is 0 Å². The molecule has 0 spiro atoms. The van der Waals surface area contributed by atoms with Crippen LogP contribution in [-0.4, -0.2) is 66.5 Å². The van der Waals surface area contributed by atoms with Crippen molar-refractivity contribution in [3.63, 3.8) is 0 Å². The number of hydrogen-bond acceptors (Lipinski definition) is 7. The Bertz CT molecular complexity index is 1670. The number of carboxylic acids is 1. The van der Waals surface area contributed by atoms with Crippen LogP contribution in [0.4, 0.5) is 0 Å². The van der Waals surface area contributed by atoms with Crippen LogP contribution in [0.2, 0.25) is 0 Å². The molecule has 0 heterocycles. The molecule has 8 nitrogen and oxygen atoms in total. The standard InChI is InChI=1S/C42H56O8/c1-24(19-28(44)21-27(36(47)48)20-25(2)43)30-22-41(49)17-18-42(50)29(14-13-26-11-9-8-10-12-26)34-37(3,4)32(46)15-16-38(34,5)33-31(45)23-39(30,6)40(41,7)35(33)42/h8-14,21,24-25,28-30,34,43-44,49-50H,15-20,22-23H2,1-7H3,(H,47,48)/b14-13+,27-21+/t24-,25+,28+,29+,30-,34-,38-,39-,40+,41+,42-/m1/s1. The number of ketones is 2. The maximum Gasteiger partial charge on any atom is 0.331 e. The van der Waals surface area contributed by atoms with Gasteiger partial charge in [0, 0.05) is 52.6 Å². The van der Waals surface area contributed by atoms with Gasteiger partial charge in [0.15, 0.2) is 5.78 Å². The first-order chi connectivity index (χ1) is 23.2. The van der Waals surface area contributed by atoms with Gasteiger partial charge in [0.05, 0.1) is 23.4 Å². The van der Waals surface area contributed by atoms with E-state index in [-0.39, 0.29) is 60.6 Å². The minimum absolute atomic E-state index is 0.0320. The quantitative estimate of drug-likeness (QED) is 0.196. The molecule has 0 aromatic heterocycles. The second-order valence-corrected chi connectivity index (χ2v) is 17.8.